The lowest BCUT2D eigenvalue weighted by atomic mass is 10.2. The first-order valence-corrected chi connectivity index (χ1v) is 7.03. The molecule has 0 saturated heterocycles. The molecule has 0 spiro atoms. The van der Waals surface area contributed by atoms with Crippen LogP contribution in [0.5, 0.6) is 5.75 Å². The standard InChI is InChI=1S/C16H19ClN2O/c1-3-6-20-15-9-13(18)8-14(10-15)19-16-7-12(17)5-4-11(16)2/h4-5,7-10,19H,3,6,18H2,1-2H3. The fraction of sp³-hybridized carbons (Fsp3) is 0.250. The van der Waals surface area contributed by atoms with E-state index in [0.29, 0.717) is 17.3 Å². The lowest BCUT2D eigenvalue weighted by molar-refractivity contribution is 0.318. The molecular weight excluding hydrogens is 272 g/mol. The van der Waals surface area contributed by atoms with Crippen LogP contribution in [0.3, 0.4) is 0 Å². The van der Waals surface area contributed by atoms with Gasteiger partial charge >= 0.3 is 0 Å². The number of rotatable bonds is 5. The molecule has 4 heteroatoms. The summed E-state index contributed by atoms with van der Waals surface area (Å²) in [5.41, 5.74) is 9.55. The zero-order valence-electron chi connectivity index (χ0n) is 11.7. The Hall–Kier alpha value is -1.87. The maximum absolute atomic E-state index is 6.02. The molecule has 2 aromatic carbocycles. The summed E-state index contributed by atoms with van der Waals surface area (Å²) in [6, 6.07) is 11.4. The van der Waals surface area contributed by atoms with E-state index in [1.165, 1.54) is 0 Å². The zero-order chi connectivity index (χ0) is 14.5. The van der Waals surface area contributed by atoms with Crippen molar-refractivity contribution in [1.82, 2.24) is 0 Å². The smallest absolute Gasteiger partial charge is 0.123 e. The minimum absolute atomic E-state index is 0.667. The Morgan fingerprint density at radius 2 is 2.00 bits per heavy atom. The predicted molar refractivity (Wildman–Crippen MR) is 86.1 cm³/mol. The van der Waals surface area contributed by atoms with Crippen LogP contribution in [0.1, 0.15) is 18.9 Å². The van der Waals surface area contributed by atoms with Gasteiger partial charge in [0.25, 0.3) is 0 Å². The Bertz CT molecular complexity index is 599. The van der Waals surface area contributed by atoms with Crippen molar-refractivity contribution < 1.29 is 4.74 Å². The van der Waals surface area contributed by atoms with Crippen LogP contribution in [0.4, 0.5) is 17.1 Å². The van der Waals surface area contributed by atoms with Crippen molar-refractivity contribution in [2.45, 2.75) is 20.3 Å². The van der Waals surface area contributed by atoms with Crippen LogP contribution < -0.4 is 15.8 Å². The average molecular weight is 291 g/mol. The van der Waals surface area contributed by atoms with E-state index in [-0.39, 0.29) is 0 Å². The van der Waals surface area contributed by atoms with E-state index >= 15 is 0 Å². The molecule has 0 atom stereocenters. The van der Waals surface area contributed by atoms with Gasteiger partial charge in [0.2, 0.25) is 0 Å². The summed E-state index contributed by atoms with van der Waals surface area (Å²) in [4.78, 5) is 0. The van der Waals surface area contributed by atoms with Gasteiger partial charge in [0.05, 0.1) is 6.61 Å². The normalized spacial score (nSPS) is 10.3. The quantitative estimate of drug-likeness (QED) is 0.780. The topological polar surface area (TPSA) is 47.3 Å². The van der Waals surface area contributed by atoms with Gasteiger partial charge in [-0.2, -0.15) is 0 Å². The third kappa shape index (κ3) is 3.81. The maximum atomic E-state index is 6.02. The number of hydrogen-bond donors (Lipinski definition) is 2. The first-order chi connectivity index (χ1) is 9.58. The molecule has 0 aliphatic heterocycles. The number of nitrogens with one attached hydrogen (secondary N) is 1. The van der Waals surface area contributed by atoms with E-state index in [4.69, 9.17) is 22.1 Å². The zero-order valence-corrected chi connectivity index (χ0v) is 12.5. The highest BCUT2D eigenvalue weighted by Gasteiger charge is 2.04. The molecule has 0 bridgehead atoms. The summed E-state index contributed by atoms with van der Waals surface area (Å²) in [6.07, 6.45) is 0.963. The third-order valence-electron chi connectivity index (χ3n) is 2.88. The molecule has 0 aliphatic rings. The van der Waals surface area contributed by atoms with Crippen molar-refractivity contribution in [3.05, 3.63) is 47.0 Å². The molecular formula is C16H19ClN2O. The van der Waals surface area contributed by atoms with Crippen molar-refractivity contribution in [3.8, 4) is 5.75 Å². The first-order valence-electron chi connectivity index (χ1n) is 6.65. The SMILES string of the molecule is CCCOc1cc(N)cc(Nc2cc(Cl)ccc2C)c1. The molecule has 106 valence electrons. The summed E-state index contributed by atoms with van der Waals surface area (Å²) in [5, 5.41) is 4.02. The van der Waals surface area contributed by atoms with Gasteiger partial charge in [-0.05, 0) is 37.1 Å². The number of anilines is 3. The lowest BCUT2D eigenvalue weighted by Gasteiger charge is -2.13. The van der Waals surface area contributed by atoms with Gasteiger partial charge in [0.15, 0.2) is 0 Å². The fourth-order valence-electron chi connectivity index (χ4n) is 1.88. The molecule has 0 fully saturated rings. The van der Waals surface area contributed by atoms with Gasteiger partial charge < -0.3 is 15.8 Å². The van der Waals surface area contributed by atoms with Crippen LogP contribution in [0.2, 0.25) is 5.02 Å². The van der Waals surface area contributed by atoms with Crippen molar-refractivity contribution >= 4 is 28.7 Å². The summed E-state index contributed by atoms with van der Waals surface area (Å²) in [6.45, 7) is 4.78. The van der Waals surface area contributed by atoms with E-state index < -0.39 is 0 Å². The van der Waals surface area contributed by atoms with E-state index in [0.717, 1.165) is 29.1 Å². The number of aryl methyl sites for hydroxylation is 1. The molecule has 0 radical (unpaired) electrons. The molecule has 3 nitrogen and oxygen atoms in total. The number of nitrogen functional groups attached to an aromatic ring is 1. The molecule has 20 heavy (non-hydrogen) atoms. The monoisotopic (exact) mass is 290 g/mol. The van der Waals surface area contributed by atoms with Gasteiger partial charge in [0, 0.05) is 34.2 Å². The van der Waals surface area contributed by atoms with E-state index in [1.807, 2.05) is 43.3 Å². The van der Waals surface area contributed by atoms with Gasteiger partial charge in [-0.15, -0.1) is 0 Å². The highest BCUT2D eigenvalue weighted by molar-refractivity contribution is 6.30. The van der Waals surface area contributed by atoms with Crippen LogP contribution in [-0.2, 0) is 0 Å². The Balaban J connectivity index is 2.24. The highest BCUT2D eigenvalue weighted by Crippen LogP contribution is 2.28. The maximum Gasteiger partial charge on any atom is 0.123 e. The number of hydrogen-bond acceptors (Lipinski definition) is 3. The second-order valence-electron chi connectivity index (χ2n) is 4.72. The fourth-order valence-corrected chi connectivity index (χ4v) is 2.05. The predicted octanol–water partition coefficient (Wildman–Crippen LogP) is 4.76. The number of ether oxygens (including phenoxy) is 1. The highest BCUT2D eigenvalue weighted by atomic mass is 35.5. The molecule has 0 saturated carbocycles. The van der Waals surface area contributed by atoms with Gasteiger partial charge in [-0.3, -0.25) is 0 Å². The lowest BCUT2D eigenvalue weighted by Crippen LogP contribution is -1.99. The third-order valence-corrected chi connectivity index (χ3v) is 3.12. The number of halogens is 1. The van der Waals surface area contributed by atoms with E-state index in [2.05, 4.69) is 12.2 Å². The Labute approximate surface area is 124 Å². The minimum Gasteiger partial charge on any atom is -0.493 e. The van der Waals surface area contributed by atoms with Crippen LogP contribution in [0, 0.1) is 6.92 Å². The summed E-state index contributed by atoms with van der Waals surface area (Å²) >= 11 is 6.02. The Kier molecular flexibility index (Phi) is 4.74. The minimum atomic E-state index is 0.667. The molecule has 3 N–H and O–H groups in total. The molecule has 0 heterocycles. The van der Waals surface area contributed by atoms with Crippen LogP contribution in [0.15, 0.2) is 36.4 Å². The molecule has 2 rings (SSSR count). The summed E-state index contributed by atoms with van der Waals surface area (Å²) in [7, 11) is 0. The van der Waals surface area contributed by atoms with Gasteiger partial charge in [0.1, 0.15) is 5.75 Å². The largest absolute Gasteiger partial charge is 0.493 e. The van der Waals surface area contributed by atoms with Crippen LogP contribution in [-0.4, -0.2) is 6.61 Å². The number of benzene rings is 2. The molecule has 0 unspecified atom stereocenters. The summed E-state index contributed by atoms with van der Waals surface area (Å²) < 4.78 is 5.62. The number of nitrogens with two attached hydrogens (primary N) is 1. The van der Waals surface area contributed by atoms with E-state index in [9.17, 15) is 0 Å². The molecule has 0 aliphatic carbocycles. The average Bonchev–Trinajstić information content (AvgIpc) is 2.40. The second-order valence-corrected chi connectivity index (χ2v) is 5.16. The molecule has 0 aromatic heterocycles. The Morgan fingerprint density at radius 3 is 2.75 bits per heavy atom. The van der Waals surface area contributed by atoms with Crippen LogP contribution >= 0.6 is 11.6 Å². The molecule has 0 amide bonds. The van der Waals surface area contributed by atoms with Crippen molar-refractivity contribution in [1.29, 1.82) is 0 Å². The van der Waals surface area contributed by atoms with Gasteiger partial charge in [-0.1, -0.05) is 24.6 Å². The van der Waals surface area contributed by atoms with Crippen molar-refractivity contribution in [2.24, 2.45) is 0 Å². The first kappa shape index (κ1) is 14.5. The van der Waals surface area contributed by atoms with Crippen molar-refractivity contribution in [2.75, 3.05) is 17.7 Å². The van der Waals surface area contributed by atoms with Crippen molar-refractivity contribution in [3.63, 3.8) is 0 Å². The second kappa shape index (κ2) is 6.53. The van der Waals surface area contributed by atoms with Crippen LogP contribution in [0.25, 0.3) is 0 Å². The summed E-state index contributed by atoms with van der Waals surface area (Å²) in [5.74, 6) is 0.772. The Morgan fingerprint density at radius 1 is 1.20 bits per heavy atom. The molecule has 2 aromatic rings. The van der Waals surface area contributed by atoms with Gasteiger partial charge in [-0.25, -0.2) is 0 Å². The van der Waals surface area contributed by atoms with E-state index in [1.54, 1.807) is 0 Å².